The van der Waals surface area contributed by atoms with Crippen molar-refractivity contribution in [1.29, 1.82) is 0 Å². The molecule has 3 fully saturated rings. The molecule has 1 aromatic carbocycles. The van der Waals surface area contributed by atoms with Crippen molar-refractivity contribution in [2.24, 2.45) is 16.3 Å². The maximum atomic E-state index is 5.92. The summed E-state index contributed by atoms with van der Waals surface area (Å²) in [6.07, 6.45) is 4.06. The zero-order chi connectivity index (χ0) is 17.5. The van der Waals surface area contributed by atoms with Crippen LogP contribution in [0.1, 0.15) is 45.6 Å². The lowest BCUT2D eigenvalue weighted by molar-refractivity contribution is -0.106. The highest BCUT2D eigenvalue weighted by atomic mass is 16.5. The molecule has 1 heterocycles. The molecular formula is C21H31N3O. The van der Waals surface area contributed by atoms with Crippen molar-refractivity contribution in [2.75, 3.05) is 19.7 Å². The van der Waals surface area contributed by atoms with Crippen molar-refractivity contribution in [1.82, 2.24) is 10.6 Å². The molecular weight excluding hydrogens is 310 g/mol. The third kappa shape index (κ3) is 2.95. The first-order valence-electron chi connectivity index (χ1n) is 9.79. The van der Waals surface area contributed by atoms with E-state index in [0.29, 0.717) is 18.1 Å². The van der Waals surface area contributed by atoms with Gasteiger partial charge in [-0.05, 0) is 31.7 Å². The molecule has 0 spiro atoms. The van der Waals surface area contributed by atoms with Crippen LogP contribution in [0.25, 0.3) is 0 Å². The molecule has 0 radical (unpaired) electrons. The van der Waals surface area contributed by atoms with Crippen LogP contribution in [0.3, 0.4) is 0 Å². The van der Waals surface area contributed by atoms with E-state index in [1.165, 1.54) is 24.8 Å². The van der Waals surface area contributed by atoms with Gasteiger partial charge in [-0.3, -0.25) is 4.99 Å². The fraction of sp³-hybridized carbons (Fsp3) is 0.667. The number of ether oxygens (including phenoxy) is 1. The third-order valence-corrected chi connectivity index (χ3v) is 6.52. The van der Waals surface area contributed by atoms with Gasteiger partial charge in [0.25, 0.3) is 0 Å². The molecule has 1 saturated heterocycles. The quantitative estimate of drug-likeness (QED) is 0.639. The van der Waals surface area contributed by atoms with E-state index < -0.39 is 0 Å². The number of benzene rings is 1. The highest BCUT2D eigenvalue weighted by Crippen LogP contribution is 2.52. The number of nitrogens with one attached hydrogen (secondary N) is 2. The summed E-state index contributed by atoms with van der Waals surface area (Å²) in [6, 6.07) is 11.3. The van der Waals surface area contributed by atoms with E-state index in [4.69, 9.17) is 9.73 Å². The summed E-state index contributed by atoms with van der Waals surface area (Å²) in [5.41, 5.74) is 1.87. The number of fused-ring (bicyclic) bond motifs is 1. The van der Waals surface area contributed by atoms with Gasteiger partial charge in [0.1, 0.15) is 0 Å². The van der Waals surface area contributed by atoms with Crippen LogP contribution in [-0.2, 0) is 10.2 Å². The number of nitrogens with zero attached hydrogens (tertiary/aromatic N) is 1. The topological polar surface area (TPSA) is 45.7 Å². The summed E-state index contributed by atoms with van der Waals surface area (Å²) in [5.74, 6) is 1.59. The van der Waals surface area contributed by atoms with Gasteiger partial charge in [-0.15, -0.1) is 0 Å². The molecule has 2 N–H and O–H groups in total. The molecule has 0 bridgehead atoms. The second-order valence-corrected chi connectivity index (χ2v) is 8.53. The van der Waals surface area contributed by atoms with Gasteiger partial charge < -0.3 is 15.4 Å². The summed E-state index contributed by atoms with van der Waals surface area (Å²) in [6.45, 7) is 9.42. The molecule has 1 aromatic rings. The van der Waals surface area contributed by atoms with Gasteiger partial charge in [0, 0.05) is 35.9 Å². The molecule has 0 amide bonds. The van der Waals surface area contributed by atoms with Gasteiger partial charge in [0.2, 0.25) is 0 Å². The van der Waals surface area contributed by atoms with Crippen molar-refractivity contribution in [3.8, 4) is 0 Å². The molecule has 3 atom stereocenters. The maximum absolute atomic E-state index is 5.92. The summed E-state index contributed by atoms with van der Waals surface area (Å²) in [4.78, 5) is 4.98. The minimum absolute atomic E-state index is 0.175. The lowest BCUT2D eigenvalue weighted by Gasteiger charge is -2.55. The predicted octanol–water partition coefficient (Wildman–Crippen LogP) is 3.09. The monoisotopic (exact) mass is 341 g/mol. The number of hydrogen-bond acceptors (Lipinski definition) is 2. The Hall–Kier alpha value is -1.55. The first kappa shape index (κ1) is 16.9. The summed E-state index contributed by atoms with van der Waals surface area (Å²) in [7, 11) is 0. The molecule has 3 aliphatic rings. The standard InChI is InChI=1S/C21H31N3O/c1-4-22-19(24-17-16-10-13-25-18(16)20(17,2)3)23-14-21(11-12-21)15-8-6-5-7-9-15/h5-9,16-18H,4,10-14H2,1-3H3,(H2,22,23,24). The van der Waals surface area contributed by atoms with Crippen molar-refractivity contribution in [2.45, 2.75) is 57.6 Å². The second-order valence-electron chi connectivity index (χ2n) is 8.53. The van der Waals surface area contributed by atoms with E-state index in [1.807, 2.05) is 0 Å². The van der Waals surface area contributed by atoms with Gasteiger partial charge in [-0.1, -0.05) is 44.2 Å². The number of rotatable bonds is 5. The Morgan fingerprint density at radius 1 is 1.24 bits per heavy atom. The lowest BCUT2D eigenvalue weighted by Crippen LogP contribution is -2.68. The number of hydrogen-bond donors (Lipinski definition) is 2. The highest BCUT2D eigenvalue weighted by molar-refractivity contribution is 5.80. The molecule has 4 heteroatoms. The Balaban J connectivity index is 1.46. The van der Waals surface area contributed by atoms with E-state index >= 15 is 0 Å². The van der Waals surface area contributed by atoms with Gasteiger partial charge in [-0.25, -0.2) is 0 Å². The van der Waals surface area contributed by atoms with Gasteiger partial charge in [-0.2, -0.15) is 0 Å². The van der Waals surface area contributed by atoms with Crippen molar-refractivity contribution in [3.05, 3.63) is 35.9 Å². The Morgan fingerprint density at radius 3 is 2.68 bits per heavy atom. The highest BCUT2D eigenvalue weighted by Gasteiger charge is 2.59. The van der Waals surface area contributed by atoms with Crippen LogP contribution in [0.5, 0.6) is 0 Å². The molecule has 4 nitrogen and oxygen atoms in total. The Morgan fingerprint density at radius 2 is 2.00 bits per heavy atom. The van der Waals surface area contributed by atoms with Gasteiger partial charge in [0.05, 0.1) is 12.6 Å². The molecule has 3 unspecified atom stereocenters. The van der Waals surface area contributed by atoms with Crippen molar-refractivity contribution >= 4 is 5.96 Å². The minimum Gasteiger partial charge on any atom is -0.377 e. The van der Waals surface area contributed by atoms with Crippen LogP contribution < -0.4 is 10.6 Å². The number of guanidine groups is 1. The fourth-order valence-electron chi connectivity index (χ4n) is 4.80. The Labute approximate surface area is 151 Å². The van der Waals surface area contributed by atoms with E-state index in [2.05, 4.69) is 61.7 Å². The van der Waals surface area contributed by atoms with E-state index in [-0.39, 0.29) is 10.8 Å². The van der Waals surface area contributed by atoms with Crippen molar-refractivity contribution < 1.29 is 4.74 Å². The van der Waals surface area contributed by atoms with Crippen LogP contribution >= 0.6 is 0 Å². The van der Waals surface area contributed by atoms with Crippen LogP contribution in [0.4, 0.5) is 0 Å². The first-order valence-corrected chi connectivity index (χ1v) is 9.79. The van der Waals surface area contributed by atoms with Crippen LogP contribution in [0.2, 0.25) is 0 Å². The predicted molar refractivity (Wildman–Crippen MR) is 102 cm³/mol. The van der Waals surface area contributed by atoms with Gasteiger partial charge >= 0.3 is 0 Å². The van der Waals surface area contributed by atoms with E-state index in [1.54, 1.807) is 0 Å². The first-order chi connectivity index (χ1) is 12.1. The fourth-order valence-corrected chi connectivity index (χ4v) is 4.80. The smallest absolute Gasteiger partial charge is 0.191 e. The van der Waals surface area contributed by atoms with Crippen molar-refractivity contribution in [3.63, 3.8) is 0 Å². The molecule has 136 valence electrons. The maximum Gasteiger partial charge on any atom is 0.191 e. The zero-order valence-electron chi connectivity index (χ0n) is 15.7. The average Bonchev–Trinajstić information content (AvgIpc) is 3.27. The Bertz CT molecular complexity index is 636. The molecule has 2 saturated carbocycles. The van der Waals surface area contributed by atoms with Crippen LogP contribution in [0.15, 0.2) is 35.3 Å². The summed E-state index contributed by atoms with van der Waals surface area (Å²) < 4.78 is 5.92. The zero-order valence-corrected chi connectivity index (χ0v) is 15.7. The molecule has 2 aliphatic carbocycles. The summed E-state index contributed by atoms with van der Waals surface area (Å²) >= 11 is 0. The lowest BCUT2D eigenvalue weighted by atomic mass is 9.57. The Kier molecular flexibility index (Phi) is 4.27. The van der Waals surface area contributed by atoms with E-state index in [0.717, 1.165) is 25.7 Å². The molecule has 4 rings (SSSR count). The molecule has 1 aliphatic heterocycles. The van der Waals surface area contributed by atoms with Gasteiger partial charge in [0.15, 0.2) is 5.96 Å². The summed E-state index contributed by atoms with van der Waals surface area (Å²) in [5, 5.41) is 7.18. The molecule has 25 heavy (non-hydrogen) atoms. The van der Waals surface area contributed by atoms with Crippen LogP contribution in [0, 0.1) is 11.3 Å². The largest absolute Gasteiger partial charge is 0.377 e. The third-order valence-electron chi connectivity index (χ3n) is 6.52. The average molecular weight is 341 g/mol. The minimum atomic E-state index is 0.175. The normalized spacial score (nSPS) is 31.8. The van der Waals surface area contributed by atoms with Crippen LogP contribution in [-0.4, -0.2) is 37.8 Å². The van der Waals surface area contributed by atoms with E-state index in [9.17, 15) is 0 Å². The second kappa shape index (κ2) is 6.31. The number of aliphatic imine (C=N–C) groups is 1. The molecule has 0 aromatic heterocycles. The SMILES string of the molecule is CCNC(=NCC1(c2ccccc2)CC1)NC1C2CCOC2C1(C)C.